The van der Waals surface area contributed by atoms with Crippen LogP contribution in [0.15, 0.2) is 52.9 Å². The number of aryl methyl sites for hydroxylation is 1. The first kappa shape index (κ1) is 23.1. The largest absolute Gasteiger partial charge is 0.459 e. The second-order valence-electron chi connectivity index (χ2n) is 8.28. The van der Waals surface area contributed by atoms with E-state index in [2.05, 4.69) is 34.2 Å². The molecular weight excluding hydrogens is 442 g/mol. The molecule has 0 saturated carbocycles. The maximum absolute atomic E-state index is 6.46. The smallest absolute Gasteiger partial charge is 0.174 e. The molecule has 1 N–H and O–H groups in total. The Morgan fingerprint density at radius 3 is 2.72 bits per heavy atom. The summed E-state index contributed by atoms with van der Waals surface area (Å²) < 4.78 is 11.6. The molecule has 7 heteroatoms. The Bertz CT molecular complexity index is 1030. The standard InChI is InChI=1S/C25H30ClN3O2S/c1-18-8-9-22(21(26)16-18)27-25(32)29(11-5-10-28-12-14-30-15-13-28)19(2)24-17-20-6-3-4-7-23(20)31-24/h3-4,6-9,16-17,19H,5,10-15H2,1-2H3,(H,27,32). The number of nitrogens with zero attached hydrogens (tertiary/aromatic N) is 2. The highest BCUT2D eigenvalue weighted by Crippen LogP contribution is 2.29. The van der Waals surface area contributed by atoms with Gasteiger partial charge in [0.15, 0.2) is 5.11 Å². The number of fused-ring (bicyclic) bond motifs is 1. The highest BCUT2D eigenvalue weighted by molar-refractivity contribution is 7.80. The molecule has 5 nitrogen and oxygen atoms in total. The van der Waals surface area contributed by atoms with Gasteiger partial charge in [0.1, 0.15) is 11.3 Å². The first-order valence-corrected chi connectivity index (χ1v) is 11.9. The molecule has 0 amide bonds. The van der Waals surface area contributed by atoms with E-state index in [9.17, 15) is 0 Å². The van der Waals surface area contributed by atoms with Crippen molar-refractivity contribution < 1.29 is 9.15 Å². The summed E-state index contributed by atoms with van der Waals surface area (Å²) in [5.74, 6) is 0.900. The van der Waals surface area contributed by atoms with E-state index in [4.69, 9.17) is 33.0 Å². The average molecular weight is 472 g/mol. The summed E-state index contributed by atoms with van der Waals surface area (Å²) in [6.07, 6.45) is 0.994. The van der Waals surface area contributed by atoms with Gasteiger partial charge in [0.25, 0.3) is 0 Å². The van der Waals surface area contributed by atoms with E-state index < -0.39 is 0 Å². The van der Waals surface area contributed by atoms with Crippen LogP contribution in [0, 0.1) is 6.92 Å². The summed E-state index contributed by atoms with van der Waals surface area (Å²) in [6, 6.07) is 16.1. The summed E-state index contributed by atoms with van der Waals surface area (Å²) >= 11 is 12.3. The highest BCUT2D eigenvalue weighted by atomic mass is 35.5. The molecule has 1 aromatic heterocycles. The van der Waals surface area contributed by atoms with E-state index in [1.54, 1.807) is 0 Å². The number of halogens is 1. The fourth-order valence-electron chi connectivity index (χ4n) is 4.03. The fourth-order valence-corrected chi connectivity index (χ4v) is 4.67. The monoisotopic (exact) mass is 471 g/mol. The van der Waals surface area contributed by atoms with Gasteiger partial charge in [-0.15, -0.1) is 0 Å². The maximum atomic E-state index is 6.46. The molecule has 170 valence electrons. The molecule has 2 heterocycles. The van der Waals surface area contributed by atoms with Crippen molar-refractivity contribution in [3.8, 4) is 0 Å². The van der Waals surface area contributed by atoms with Crippen LogP contribution in [0.1, 0.15) is 30.7 Å². The third-order valence-corrected chi connectivity index (χ3v) is 6.58. The Kier molecular flexibility index (Phi) is 7.68. The third-order valence-electron chi connectivity index (χ3n) is 5.93. The van der Waals surface area contributed by atoms with Gasteiger partial charge in [0.2, 0.25) is 0 Å². The van der Waals surface area contributed by atoms with Gasteiger partial charge >= 0.3 is 0 Å². The predicted octanol–water partition coefficient (Wildman–Crippen LogP) is 5.88. The summed E-state index contributed by atoms with van der Waals surface area (Å²) in [5.41, 5.74) is 2.82. The lowest BCUT2D eigenvalue weighted by Crippen LogP contribution is -2.41. The van der Waals surface area contributed by atoms with Crippen molar-refractivity contribution in [2.75, 3.05) is 44.7 Å². The van der Waals surface area contributed by atoms with Crippen LogP contribution in [0.5, 0.6) is 0 Å². The molecule has 0 spiro atoms. The summed E-state index contributed by atoms with van der Waals surface area (Å²) in [7, 11) is 0. The number of furan rings is 1. The van der Waals surface area contributed by atoms with Crippen molar-refractivity contribution in [2.24, 2.45) is 0 Å². The quantitative estimate of drug-likeness (QED) is 0.434. The Morgan fingerprint density at radius 1 is 1.19 bits per heavy atom. The molecule has 1 fully saturated rings. The number of anilines is 1. The van der Waals surface area contributed by atoms with Gasteiger partial charge in [-0.2, -0.15) is 0 Å². The summed E-state index contributed by atoms with van der Waals surface area (Å²) in [5, 5.41) is 5.77. The van der Waals surface area contributed by atoms with Gasteiger partial charge < -0.3 is 19.4 Å². The average Bonchev–Trinajstić information content (AvgIpc) is 3.23. The second-order valence-corrected chi connectivity index (χ2v) is 9.07. The molecule has 0 radical (unpaired) electrons. The number of para-hydroxylation sites is 1. The van der Waals surface area contributed by atoms with Crippen LogP contribution in [0.4, 0.5) is 5.69 Å². The Balaban J connectivity index is 1.51. The van der Waals surface area contributed by atoms with E-state index in [1.807, 2.05) is 43.3 Å². The van der Waals surface area contributed by atoms with Crippen molar-refractivity contribution in [1.82, 2.24) is 9.80 Å². The number of hydrogen-bond donors (Lipinski definition) is 1. The number of hydrogen-bond acceptors (Lipinski definition) is 4. The third kappa shape index (κ3) is 5.62. The normalized spacial score (nSPS) is 15.6. The van der Waals surface area contributed by atoms with E-state index in [0.29, 0.717) is 10.1 Å². The predicted molar refractivity (Wildman–Crippen MR) is 136 cm³/mol. The first-order valence-electron chi connectivity index (χ1n) is 11.1. The number of thiocarbonyl (C=S) groups is 1. The Labute approximate surface area is 200 Å². The number of benzene rings is 2. The zero-order valence-electron chi connectivity index (χ0n) is 18.6. The van der Waals surface area contributed by atoms with Crippen molar-refractivity contribution in [2.45, 2.75) is 26.3 Å². The van der Waals surface area contributed by atoms with E-state index >= 15 is 0 Å². The molecule has 1 saturated heterocycles. The van der Waals surface area contributed by atoms with Crippen LogP contribution in [0.25, 0.3) is 11.0 Å². The minimum absolute atomic E-state index is 0.0173. The number of rotatable bonds is 7. The fraction of sp³-hybridized carbons (Fsp3) is 0.400. The number of ether oxygens (including phenoxy) is 1. The highest BCUT2D eigenvalue weighted by Gasteiger charge is 2.23. The van der Waals surface area contributed by atoms with E-state index in [0.717, 1.165) is 73.8 Å². The molecule has 2 aromatic carbocycles. The van der Waals surface area contributed by atoms with Gasteiger partial charge in [-0.1, -0.05) is 35.9 Å². The molecule has 3 aromatic rings. The van der Waals surface area contributed by atoms with E-state index in [-0.39, 0.29) is 6.04 Å². The van der Waals surface area contributed by atoms with Crippen molar-refractivity contribution in [3.05, 3.63) is 64.9 Å². The topological polar surface area (TPSA) is 40.9 Å². The number of nitrogens with one attached hydrogen (secondary N) is 1. The molecule has 32 heavy (non-hydrogen) atoms. The zero-order chi connectivity index (χ0) is 22.5. The molecule has 1 atom stereocenters. The molecule has 0 aliphatic carbocycles. The van der Waals surface area contributed by atoms with Crippen molar-refractivity contribution in [1.29, 1.82) is 0 Å². The van der Waals surface area contributed by atoms with Crippen molar-refractivity contribution in [3.63, 3.8) is 0 Å². The van der Waals surface area contributed by atoms with Gasteiger partial charge in [-0.3, -0.25) is 4.90 Å². The Morgan fingerprint density at radius 2 is 1.97 bits per heavy atom. The van der Waals surface area contributed by atoms with Crippen LogP contribution in [0.3, 0.4) is 0 Å². The molecule has 1 aliphatic rings. The van der Waals surface area contributed by atoms with Crippen LogP contribution >= 0.6 is 23.8 Å². The van der Waals surface area contributed by atoms with Crippen LogP contribution in [0.2, 0.25) is 5.02 Å². The molecular formula is C25H30ClN3O2S. The van der Waals surface area contributed by atoms with Crippen LogP contribution in [-0.4, -0.2) is 54.3 Å². The van der Waals surface area contributed by atoms with Crippen molar-refractivity contribution >= 4 is 45.6 Å². The van der Waals surface area contributed by atoms with E-state index in [1.165, 1.54) is 0 Å². The minimum atomic E-state index is -0.0173. The van der Waals surface area contributed by atoms with Gasteiger partial charge in [-0.05, 0) is 62.3 Å². The van der Waals surface area contributed by atoms with Crippen LogP contribution in [-0.2, 0) is 4.74 Å². The lowest BCUT2D eigenvalue weighted by molar-refractivity contribution is 0.0365. The molecule has 1 unspecified atom stereocenters. The van der Waals surface area contributed by atoms with Gasteiger partial charge in [0.05, 0.1) is 30.0 Å². The maximum Gasteiger partial charge on any atom is 0.174 e. The minimum Gasteiger partial charge on any atom is -0.459 e. The lowest BCUT2D eigenvalue weighted by Gasteiger charge is -2.32. The summed E-state index contributed by atoms with van der Waals surface area (Å²) in [4.78, 5) is 4.64. The lowest BCUT2D eigenvalue weighted by atomic mass is 10.2. The molecule has 1 aliphatic heterocycles. The van der Waals surface area contributed by atoms with Crippen LogP contribution < -0.4 is 5.32 Å². The summed E-state index contributed by atoms with van der Waals surface area (Å²) in [6.45, 7) is 9.58. The van der Waals surface area contributed by atoms with Gasteiger partial charge in [0, 0.05) is 31.6 Å². The number of morpholine rings is 1. The molecule has 0 bridgehead atoms. The SMILES string of the molecule is Cc1ccc(NC(=S)N(CCCN2CCOCC2)C(C)c2cc3ccccc3o2)c(Cl)c1. The van der Waals surface area contributed by atoms with Gasteiger partial charge in [-0.25, -0.2) is 0 Å². The Hall–Kier alpha value is -2.12. The zero-order valence-corrected chi connectivity index (χ0v) is 20.2. The molecule has 4 rings (SSSR count). The first-order chi connectivity index (χ1) is 15.5. The second kappa shape index (κ2) is 10.7.